The number of likely N-dealkylation sites (tertiary alicyclic amines) is 1. The van der Waals surface area contributed by atoms with E-state index in [9.17, 15) is 18.3 Å². The van der Waals surface area contributed by atoms with Gasteiger partial charge in [-0.25, -0.2) is 4.98 Å². The van der Waals surface area contributed by atoms with Gasteiger partial charge < -0.3 is 5.11 Å². The fourth-order valence-corrected chi connectivity index (χ4v) is 4.51. The van der Waals surface area contributed by atoms with Gasteiger partial charge in [-0.3, -0.25) is 4.90 Å². The molecular weight excluding hydrogens is 325 g/mol. The van der Waals surface area contributed by atoms with Crippen LogP contribution in [0.25, 0.3) is 0 Å². The summed E-state index contributed by atoms with van der Waals surface area (Å²) in [4.78, 5) is 6.66. The lowest BCUT2D eigenvalue weighted by molar-refractivity contribution is -0.272. The first-order valence-electron chi connectivity index (χ1n) is 8.33. The van der Waals surface area contributed by atoms with Gasteiger partial charge in [0.15, 0.2) is 5.60 Å². The molecule has 3 rings (SSSR count). The number of rotatable bonds is 3. The van der Waals surface area contributed by atoms with Crippen LogP contribution in [0.15, 0.2) is 5.38 Å². The van der Waals surface area contributed by atoms with Gasteiger partial charge >= 0.3 is 6.18 Å². The van der Waals surface area contributed by atoms with Crippen LogP contribution in [-0.2, 0) is 6.54 Å². The van der Waals surface area contributed by atoms with Crippen LogP contribution in [0.3, 0.4) is 0 Å². The molecule has 1 saturated heterocycles. The Morgan fingerprint density at radius 3 is 2.48 bits per heavy atom. The highest BCUT2D eigenvalue weighted by molar-refractivity contribution is 7.09. The van der Waals surface area contributed by atoms with Crippen molar-refractivity contribution in [2.24, 2.45) is 0 Å². The van der Waals surface area contributed by atoms with Gasteiger partial charge in [0, 0.05) is 30.9 Å². The lowest BCUT2D eigenvalue weighted by Crippen LogP contribution is -2.53. The third-order valence-corrected chi connectivity index (χ3v) is 6.18. The fraction of sp³-hybridized carbons (Fsp3) is 0.812. The predicted molar refractivity (Wildman–Crippen MR) is 83.5 cm³/mol. The molecule has 0 spiro atoms. The molecule has 130 valence electrons. The molecule has 0 amide bonds. The molecule has 1 N–H and O–H groups in total. The number of alkyl halides is 3. The van der Waals surface area contributed by atoms with Crippen LogP contribution in [0.1, 0.15) is 61.6 Å². The van der Waals surface area contributed by atoms with Gasteiger partial charge in [0.25, 0.3) is 0 Å². The summed E-state index contributed by atoms with van der Waals surface area (Å²) in [6.45, 7) is 1.09. The first-order chi connectivity index (χ1) is 10.9. The fourth-order valence-electron chi connectivity index (χ4n) is 3.53. The molecule has 1 aromatic rings. The SMILES string of the molecule is OC1(C(F)(F)F)CCN(Cc2csc(C3CCCCC3)n2)CC1. The average molecular weight is 348 g/mol. The van der Waals surface area contributed by atoms with Gasteiger partial charge in [-0.15, -0.1) is 11.3 Å². The van der Waals surface area contributed by atoms with Crippen molar-refractivity contribution in [3.8, 4) is 0 Å². The molecule has 1 aromatic heterocycles. The van der Waals surface area contributed by atoms with Crippen molar-refractivity contribution in [1.82, 2.24) is 9.88 Å². The van der Waals surface area contributed by atoms with E-state index in [4.69, 9.17) is 4.98 Å². The smallest absolute Gasteiger partial charge is 0.380 e. The van der Waals surface area contributed by atoms with Crippen molar-refractivity contribution in [3.63, 3.8) is 0 Å². The monoisotopic (exact) mass is 348 g/mol. The van der Waals surface area contributed by atoms with Gasteiger partial charge in [0.1, 0.15) is 0 Å². The number of piperidine rings is 1. The Balaban J connectivity index is 1.54. The van der Waals surface area contributed by atoms with E-state index >= 15 is 0 Å². The zero-order chi connectivity index (χ0) is 16.5. The van der Waals surface area contributed by atoms with Gasteiger partial charge in [-0.1, -0.05) is 19.3 Å². The highest BCUT2D eigenvalue weighted by atomic mass is 32.1. The van der Waals surface area contributed by atoms with Crippen LogP contribution in [-0.4, -0.2) is 39.9 Å². The zero-order valence-electron chi connectivity index (χ0n) is 13.1. The van der Waals surface area contributed by atoms with E-state index in [0.717, 1.165) is 5.69 Å². The molecule has 3 nitrogen and oxygen atoms in total. The van der Waals surface area contributed by atoms with E-state index in [-0.39, 0.29) is 25.9 Å². The van der Waals surface area contributed by atoms with Crippen LogP contribution >= 0.6 is 11.3 Å². The molecule has 0 atom stereocenters. The minimum atomic E-state index is -4.53. The molecule has 1 saturated carbocycles. The average Bonchev–Trinajstić information content (AvgIpc) is 2.98. The minimum Gasteiger partial charge on any atom is -0.380 e. The molecule has 2 aliphatic rings. The van der Waals surface area contributed by atoms with Gasteiger partial charge in [-0.2, -0.15) is 13.2 Å². The standard InChI is InChI=1S/C16H23F3N2OS/c17-16(18,19)15(22)6-8-21(9-7-15)10-13-11-23-14(20-13)12-4-2-1-3-5-12/h11-12,22H,1-10H2. The van der Waals surface area contributed by atoms with Crippen molar-refractivity contribution in [3.05, 3.63) is 16.1 Å². The molecule has 0 bridgehead atoms. The lowest BCUT2D eigenvalue weighted by atomic mass is 9.90. The Morgan fingerprint density at radius 1 is 1.22 bits per heavy atom. The van der Waals surface area contributed by atoms with Gasteiger partial charge in [0.05, 0.1) is 10.7 Å². The van der Waals surface area contributed by atoms with E-state index in [1.807, 2.05) is 10.3 Å². The summed E-state index contributed by atoms with van der Waals surface area (Å²) < 4.78 is 38.4. The molecule has 2 heterocycles. The van der Waals surface area contributed by atoms with Crippen LogP contribution in [0.5, 0.6) is 0 Å². The molecule has 1 aliphatic heterocycles. The summed E-state index contributed by atoms with van der Waals surface area (Å²) in [6, 6.07) is 0. The zero-order valence-corrected chi connectivity index (χ0v) is 13.9. The second-order valence-electron chi connectivity index (χ2n) is 6.82. The van der Waals surface area contributed by atoms with Crippen molar-refractivity contribution in [1.29, 1.82) is 0 Å². The minimum absolute atomic E-state index is 0.254. The van der Waals surface area contributed by atoms with E-state index < -0.39 is 11.8 Å². The number of hydrogen-bond donors (Lipinski definition) is 1. The molecule has 0 unspecified atom stereocenters. The third kappa shape index (κ3) is 3.88. The predicted octanol–water partition coefficient (Wildman–Crippen LogP) is 4.08. The second kappa shape index (κ2) is 6.69. The second-order valence-corrected chi connectivity index (χ2v) is 7.71. The number of nitrogens with zero attached hydrogens (tertiary/aromatic N) is 2. The molecule has 0 radical (unpaired) electrons. The normalized spacial score (nSPS) is 24.0. The highest BCUT2D eigenvalue weighted by Gasteiger charge is 2.54. The Bertz CT molecular complexity index is 518. The Labute approximate surface area is 138 Å². The number of thiazole rings is 1. The maximum Gasteiger partial charge on any atom is 0.417 e. The quantitative estimate of drug-likeness (QED) is 0.894. The van der Waals surface area contributed by atoms with Crippen LogP contribution < -0.4 is 0 Å². The first kappa shape index (κ1) is 17.2. The molecule has 23 heavy (non-hydrogen) atoms. The summed E-state index contributed by atoms with van der Waals surface area (Å²) in [5.74, 6) is 0.569. The van der Waals surface area contributed by atoms with Crippen molar-refractivity contribution < 1.29 is 18.3 Å². The molecule has 7 heteroatoms. The van der Waals surface area contributed by atoms with Crippen molar-refractivity contribution in [2.45, 2.75) is 69.2 Å². The number of aromatic nitrogens is 1. The van der Waals surface area contributed by atoms with Crippen LogP contribution in [0, 0.1) is 0 Å². The largest absolute Gasteiger partial charge is 0.417 e. The van der Waals surface area contributed by atoms with E-state index in [0.29, 0.717) is 12.5 Å². The van der Waals surface area contributed by atoms with Gasteiger partial charge in [-0.05, 0) is 25.7 Å². The van der Waals surface area contributed by atoms with Crippen molar-refractivity contribution >= 4 is 11.3 Å². The molecule has 1 aliphatic carbocycles. The highest BCUT2D eigenvalue weighted by Crippen LogP contribution is 2.39. The van der Waals surface area contributed by atoms with Crippen LogP contribution in [0.2, 0.25) is 0 Å². The Morgan fingerprint density at radius 2 is 1.87 bits per heavy atom. The van der Waals surface area contributed by atoms with E-state index in [1.165, 1.54) is 37.1 Å². The number of hydrogen-bond acceptors (Lipinski definition) is 4. The topological polar surface area (TPSA) is 36.4 Å². The lowest BCUT2D eigenvalue weighted by Gasteiger charge is -2.38. The summed E-state index contributed by atoms with van der Waals surface area (Å²) >= 11 is 1.68. The first-order valence-corrected chi connectivity index (χ1v) is 9.21. The summed E-state index contributed by atoms with van der Waals surface area (Å²) in [5.41, 5.74) is -1.56. The maximum atomic E-state index is 12.8. The molecule has 2 fully saturated rings. The van der Waals surface area contributed by atoms with Gasteiger partial charge in [0.2, 0.25) is 0 Å². The Kier molecular flexibility index (Phi) is 4.99. The molecular formula is C16H23F3N2OS. The number of halogens is 3. The number of aliphatic hydroxyl groups is 1. The summed E-state index contributed by atoms with van der Waals surface area (Å²) in [7, 11) is 0. The maximum absolute atomic E-state index is 12.8. The van der Waals surface area contributed by atoms with E-state index in [1.54, 1.807) is 11.3 Å². The van der Waals surface area contributed by atoms with E-state index in [2.05, 4.69) is 0 Å². The summed E-state index contributed by atoms with van der Waals surface area (Å²) in [6.07, 6.45) is 1.21. The Hall–Kier alpha value is -0.660. The summed E-state index contributed by atoms with van der Waals surface area (Å²) in [5, 5.41) is 12.9. The van der Waals surface area contributed by atoms with Crippen molar-refractivity contribution in [2.75, 3.05) is 13.1 Å². The third-order valence-electron chi connectivity index (χ3n) is 5.12. The van der Waals surface area contributed by atoms with Crippen LogP contribution in [0.4, 0.5) is 13.2 Å². The molecule has 0 aromatic carbocycles.